The molecule has 0 fully saturated rings. The van der Waals surface area contributed by atoms with Gasteiger partial charge in [0, 0.05) is 5.69 Å². The molecular formula is C12H10BrFN4O2. The molecule has 1 aromatic carbocycles. The quantitative estimate of drug-likeness (QED) is 0.658. The maximum absolute atomic E-state index is 13.3. The van der Waals surface area contributed by atoms with Gasteiger partial charge in [0.15, 0.2) is 0 Å². The Bertz CT molecular complexity index is 693. The first-order chi connectivity index (χ1) is 9.36. The van der Waals surface area contributed by atoms with Gasteiger partial charge >= 0.3 is 0 Å². The summed E-state index contributed by atoms with van der Waals surface area (Å²) in [6, 6.07) is 5.29. The van der Waals surface area contributed by atoms with E-state index in [-0.39, 0.29) is 27.6 Å². The Kier molecular flexibility index (Phi) is 3.84. The summed E-state index contributed by atoms with van der Waals surface area (Å²) in [4.78, 5) is 14.2. The number of nitrogens with two attached hydrogens (primary N) is 1. The van der Waals surface area contributed by atoms with Gasteiger partial charge in [0.1, 0.15) is 17.5 Å². The van der Waals surface area contributed by atoms with Crippen molar-refractivity contribution in [1.29, 1.82) is 0 Å². The first-order valence-corrected chi connectivity index (χ1v) is 6.31. The Morgan fingerprint density at radius 1 is 1.40 bits per heavy atom. The zero-order valence-electron chi connectivity index (χ0n) is 10.4. The van der Waals surface area contributed by atoms with E-state index >= 15 is 0 Å². The fourth-order valence-electron chi connectivity index (χ4n) is 1.63. The average molecular weight is 341 g/mol. The molecule has 0 spiro atoms. The van der Waals surface area contributed by atoms with Gasteiger partial charge in [0.2, 0.25) is 0 Å². The van der Waals surface area contributed by atoms with Crippen LogP contribution in [0.4, 0.5) is 27.4 Å². The fourth-order valence-corrected chi connectivity index (χ4v) is 1.97. The first kappa shape index (κ1) is 14.2. The molecule has 2 rings (SSSR count). The highest BCUT2D eigenvalue weighted by molar-refractivity contribution is 9.10. The van der Waals surface area contributed by atoms with E-state index in [1.54, 1.807) is 6.92 Å². The molecule has 6 nitrogen and oxygen atoms in total. The van der Waals surface area contributed by atoms with Gasteiger partial charge in [-0.05, 0) is 40.5 Å². The molecule has 8 heteroatoms. The summed E-state index contributed by atoms with van der Waals surface area (Å²) in [5, 5.41) is 13.6. The topological polar surface area (TPSA) is 94.1 Å². The smallest absolute Gasteiger partial charge is 0.276 e. The number of hydrogen-bond acceptors (Lipinski definition) is 5. The molecule has 0 aliphatic carbocycles. The summed E-state index contributed by atoms with van der Waals surface area (Å²) >= 11 is 3.08. The number of nitrogen functional groups attached to an aromatic ring is 1. The van der Waals surface area contributed by atoms with Crippen molar-refractivity contribution in [2.75, 3.05) is 11.1 Å². The van der Waals surface area contributed by atoms with E-state index in [4.69, 9.17) is 5.73 Å². The summed E-state index contributed by atoms with van der Waals surface area (Å²) < 4.78 is 13.6. The van der Waals surface area contributed by atoms with Gasteiger partial charge in [0.25, 0.3) is 5.69 Å². The molecule has 104 valence electrons. The van der Waals surface area contributed by atoms with Crippen molar-refractivity contribution in [1.82, 2.24) is 4.98 Å². The molecule has 0 saturated carbocycles. The van der Waals surface area contributed by atoms with Crippen molar-refractivity contribution in [3.05, 3.63) is 50.2 Å². The van der Waals surface area contributed by atoms with Crippen molar-refractivity contribution in [2.45, 2.75) is 6.92 Å². The van der Waals surface area contributed by atoms with Crippen LogP contribution in [0.5, 0.6) is 0 Å². The van der Waals surface area contributed by atoms with Crippen LogP contribution < -0.4 is 11.1 Å². The molecule has 0 bridgehead atoms. The summed E-state index contributed by atoms with van der Waals surface area (Å²) in [5.74, 6) is -0.140. The first-order valence-electron chi connectivity index (χ1n) is 5.51. The van der Waals surface area contributed by atoms with Crippen LogP contribution in [0.25, 0.3) is 0 Å². The van der Waals surface area contributed by atoms with E-state index in [1.807, 2.05) is 0 Å². The Morgan fingerprint density at radius 3 is 2.75 bits per heavy atom. The second-order valence-corrected chi connectivity index (χ2v) is 4.95. The molecule has 20 heavy (non-hydrogen) atoms. The van der Waals surface area contributed by atoms with Gasteiger partial charge in [-0.1, -0.05) is 0 Å². The van der Waals surface area contributed by atoms with E-state index in [0.717, 1.165) is 0 Å². The van der Waals surface area contributed by atoms with Gasteiger partial charge in [-0.3, -0.25) is 10.1 Å². The molecule has 2 aromatic rings. The van der Waals surface area contributed by atoms with Crippen LogP contribution in [0.2, 0.25) is 0 Å². The molecule has 0 aliphatic rings. The Hall–Kier alpha value is -2.22. The standard InChI is InChI=1S/C12H10BrFN4O2/c1-6-2-9(14)8(13)5-10(6)16-12-4-7(18(19)20)3-11(15)17-12/h2-5H,1H3,(H3,15,16,17). The van der Waals surface area contributed by atoms with E-state index in [2.05, 4.69) is 26.2 Å². The van der Waals surface area contributed by atoms with Gasteiger partial charge in [-0.25, -0.2) is 9.37 Å². The molecule has 1 aromatic heterocycles. The number of hydrogen-bond donors (Lipinski definition) is 2. The zero-order valence-corrected chi connectivity index (χ0v) is 11.9. The summed E-state index contributed by atoms with van der Waals surface area (Å²) in [6.45, 7) is 1.71. The molecule has 0 saturated heterocycles. The SMILES string of the molecule is Cc1cc(F)c(Br)cc1Nc1cc([N+](=O)[O-])cc(N)n1. The van der Waals surface area contributed by atoms with E-state index in [0.29, 0.717) is 11.3 Å². The lowest BCUT2D eigenvalue weighted by Crippen LogP contribution is -2.01. The van der Waals surface area contributed by atoms with Crippen LogP contribution in [0.15, 0.2) is 28.7 Å². The minimum Gasteiger partial charge on any atom is -0.383 e. The fraction of sp³-hybridized carbons (Fsp3) is 0.0833. The highest BCUT2D eigenvalue weighted by Crippen LogP contribution is 2.28. The van der Waals surface area contributed by atoms with E-state index < -0.39 is 4.92 Å². The monoisotopic (exact) mass is 340 g/mol. The van der Waals surface area contributed by atoms with Crippen LogP contribution in [0, 0.1) is 22.9 Å². The highest BCUT2D eigenvalue weighted by Gasteiger charge is 2.11. The Balaban J connectivity index is 2.40. The predicted molar refractivity (Wildman–Crippen MR) is 77.4 cm³/mol. The average Bonchev–Trinajstić information content (AvgIpc) is 2.35. The maximum Gasteiger partial charge on any atom is 0.276 e. The third-order valence-electron chi connectivity index (χ3n) is 2.57. The zero-order chi connectivity index (χ0) is 14.9. The van der Waals surface area contributed by atoms with Crippen molar-refractivity contribution >= 4 is 38.9 Å². The van der Waals surface area contributed by atoms with Crippen molar-refractivity contribution in [3.63, 3.8) is 0 Å². The number of benzene rings is 1. The van der Waals surface area contributed by atoms with Gasteiger partial charge < -0.3 is 11.1 Å². The number of pyridine rings is 1. The molecular weight excluding hydrogens is 331 g/mol. The van der Waals surface area contributed by atoms with Gasteiger partial charge in [0.05, 0.1) is 21.5 Å². The molecule has 0 atom stereocenters. The predicted octanol–water partition coefficient (Wildman–Crippen LogP) is 3.53. The van der Waals surface area contributed by atoms with E-state index in [9.17, 15) is 14.5 Å². The van der Waals surface area contributed by atoms with Crippen LogP contribution >= 0.6 is 15.9 Å². The summed E-state index contributed by atoms with van der Waals surface area (Å²) in [5.41, 5.74) is 6.56. The number of nitrogens with one attached hydrogen (secondary N) is 1. The lowest BCUT2D eigenvalue weighted by molar-refractivity contribution is -0.384. The van der Waals surface area contributed by atoms with Crippen LogP contribution in [0.1, 0.15) is 5.56 Å². The second kappa shape index (κ2) is 5.41. The minimum atomic E-state index is -0.559. The van der Waals surface area contributed by atoms with Crippen LogP contribution in [0.3, 0.4) is 0 Å². The molecule has 1 heterocycles. The van der Waals surface area contributed by atoms with Crippen LogP contribution in [-0.2, 0) is 0 Å². The number of aryl methyl sites for hydroxylation is 1. The molecule has 0 amide bonds. The number of nitrogens with zero attached hydrogens (tertiary/aromatic N) is 2. The molecule has 0 unspecified atom stereocenters. The van der Waals surface area contributed by atoms with Crippen molar-refractivity contribution in [2.24, 2.45) is 0 Å². The number of halogens is 2. The molecule has 3 N–H and O–H groups in total. The highest BCUT2D eigenvalue weighted by atomic mass is 79.9. The minimum absolute atomic E-state index is 0.0283. The lowest BCUT2D eigenvalue weighted by Gasteiger charge is -2.10. The maximum atomic E-state index is 13.3. The van der Waals surface area contributed by atoms with Gasteiger partial charge in [-0.2, -0.15) is 0 Å². The van der Waals surface area contributed by atoms with Crippen molar-refractivity contribution in [3.8, 4) is 0 Å². The Labute approximate surface area is 122 Å². The summed E-state index contributed by atoms with van der Waals surface area (Å²) in [6.07, 6.45) is 0. The number of rotatable bonds is 3. The van der Waals surface area contributed by atoms with E-state index in [1.165, 1.54) is 24.3 Å². The second-order valence-electron chi connectivity index (χ2n) is 4.10. The summed E-state index contributed by atoms with van der Waals surface area (Å²) in [7, 11) is 0. The largest absolute Gasteiger partial charge is 0.383 e. The lowest BCUT2D eigenvalue weighted by atomic mass is 10.2. The van der Waals surface area contributed by atoms with Crippen molar-refractivity contribution < 1.29 is 9.31 Å². The number of anilines is 3. The number of aromatic nitrogens is 1. The third kappa shape index (κ3) is 3.02. The molecule has 0 radical (unpaired) electrons. The molecule has 0 aliphatic heterocycles. The van der Waals surface area contributed by atoms with Crippen LogP contribution in [-0.4, -0.2) is 9.91 Å². The number of nitro groups is 1. The third-order valence-corrected chi connectivity index (χ3v) is 3.18. The van der Waals surface area contributed by atoms with Gasteiger partial charge in [-0.15, -0.1) is 0 Å². The normalized spacial score (nSPS) is 10.3. The Morgan fingerprint density at radius 2 is 2.10 bits per heavy atom.